The van der Waals surface area contributed by atoms with Gasteiger partial charge in [0.05, 0.1) is 53.2 Å². The van der Waals surface area contributed by atoms with Gasteiger partial charge in [-0.2, -0.15) is 0 Å². The first-order valence-electron chi connectivity index (χ1n) is 12.9. The maximum Gasteiger partial charge on any atom is 0.338 e. The maximum atomic E-state index is 13.9. The normalized spacial score (nSPS) is 14.8. The average molecular weight is 590 g/mol. The Morgan fingerprint density at radius 3 is 2.57 bits per heavy atom. The molecule has 11 nitrogen and oxygen atoms in total. The first kappa shape index (κ1) is 28.6. The van der Waals surface area contributed by atoms with Crippen molar-refractivity contribution in [3.05, 3.63) is 106 Å². The van der Waals surface area contributed by atoms with E-state index in [0.717, 1.165) is 16.9 Å². The summed E-state index contributed by atoms with van der Waals surface area (Å²) in [4.78, 5) is 43.2. The van der Waals surface area contributed by atoms with Crippen molar-refractivity contribution in [3.8, 4) is 22.8 Å². The van der Waals surface area contributed by atoms with Crippen LogP contribution in [0.1, 0.15) is 36.8 Å². The highest BCUT2D eigenvalue weighted by Gasteiger charge is 2.34. The summed E-state index contributed by atoms with van der Waals surface area (Å²) in [6.07, 6.45) is 1.56. The first-order chi connectivity index (χ1) is 20.2. The number of nitro benzene ring substituents is 1. The Hall–Kier alpha value is -4.97. The summed E-state index contributed by atoms with van der Waals surface area (Å²) in [6.45, 7) is 5.33. The lowest BCUT2D eigenvalue weighted by Gasteiger charge is -2.25. The maximum absolute atomic E-state index is 13.9. The van der Waals surface area contributed by atoms with Gasteiger partial charge in [0.2, 0.25) is 0 Å². The number of furan rings is 1. The number of allylic oxidation sites excluding steroid dienone is 1. The molecule has 0 fully saturated rings. The number of nitro groups is 1. The fraction of sp³-hybridized carbons (Fsp3) is 0.233. The number of fused-ring (bicyclic) bond motifs is 1. The largest absolute Gasteiger partial charge is 0.493 e. The van der Waals surface area contributed by atoms with Crippen LogP contribution in [0, 0.1) is 17.0 Å². The summed E-state index contributed by atoms with van der Waals surface area (Å²) in [7, 11) is 3.02. The second-order valence-corrected chi connectivity index (χ2v) is 10.4. The molecule has 42 heavy (non-hydrogen) atoms. The van der Waals surface area contributed by atoms with Gasteiger partial charge in [0.25, 0.3) is 11.2 Å². The Morgan fingerprint density at radius 1 is 1.12 bits per heavy atom. The molecular formula is C30H27N3O8S. The van der Waals surface area contributed by atoms with Gasteiger partial charge in [-0.25, -0.2) is 9.79 Å². The van der Waals surface area contributed by atoms with Crippen molar-refractivity contribution in [2.45, 2.75) is 26.8 Å². The molecular weight excluding hydrogens is 562 g/mol. The number of nitrogens with zero attached hydrogens (tertiary/aromatic N) is 3. The van der Waals surface area contributed by atoms with E-state index < -0.39 is 22.5 Å². The van der Waals surface area contributed by atoms with Gasteiger partial charge in [-0.1, -0.05) is 23.5 Å². The van der Waals surface area contributed by atoms with Crippen LogP contribution in [0.3, 0.4) is 0 Å². The molecule has 3 heterocycles. The van der Waals surface area contributed by atoms with Crippen molar-refractivity contribution < 1.29 is 28.3 Å². The Morgan fingerprint density at radius 2 is 1.88 bits per heavy atom. The van der Waals surface area contributed by atoms with E-state index in [4.69, 9.17) is 18.6 Å². The van der Waals surface area contributed by atoms with E-state index in [0.29, 0.717) is 49.2 Å². The number of hydrogen-bond donors (Lipinski definition) is 0. The molecule has 1 atom stereocenters. The zero-order valence-corrected chi connectivity index (χ0v) is 24.3. The lowest BCUT2D eigenvalue weighted by atomic mass is 9.95. The number of thiazole rings is 1. The van der Waals surface area contributed by atoms with Crippen molar-refractivity contribution >= 4 is 29.1 Å². The number of esters is 1. The molecule has 12 heteroatoms. The van der Waals surface area contributed by atoms with Gasteiger partial charge in [0.1, 0.15) is 11.5 Å². The molecule has 0 radical (unpaired) electrons. The van der Waals surface area contributed by atoms with Crippen LogP contribution in [0.15, 0.2) is 74.0 Å². The molecule has 1 aliphatic heterocycles. The minimum atomic E-state index is -0.843. The number of benzene rings is 2. The van der Waals surface area contributed by atoms with E-state index in [-0.39, 0.29) is 17.9 Å². The average Bonchev–Trinajstić information content (AvgIpc) is 3.55. The molecule has 216 valence electrons. The molecule has 0 aliphatic carbocycles. The van der Waals surface area contributed by atoms with Gasteiger partial charge in [-0.05, 0) is 62.2 Å². The van der Waals surface area contributed by atoms with Crippen molar-refractivity contribution in [1.82, 2.24) is 4.57 Å². The third-order valence-corrected chi connectivity index (χ3v) is 7.74. The number of hydrogen-bond acceptors (Lipinski definition) is 10. The molecule has 0 saturated carbocycles. The number of aromatic nitrogens is 1. The minimum absolute atomic E-state index is 0.0767. The Balaban J connectivity index is 1.65. The minimum Gasteiger partial charge on any atom is -0.493 e. The molecule has 0 bridgehead atoms. The van der Waals surface area contributed by atoms with Crippen molar-refractivity contribution in [2.24, 2.45) is 4.99 Å². The number of carbonyl (C=O) groups excluding carboxylic acids is 1. The highest BCUT2D eigenvalue weighted by molar-refractivity contribution is 7.07. The lowest BCUT2D eigenvalue weighted by Crippen LogP contribution is -2.39. The summed E-state index contributed by atoms with van der Waals surface area (Å²) >= 11 is 1.14. The van der Waals surface area contributed by atoms with Crippen LogP contribution in [-0.2, 0) is 9.53 Å². The van der Waals surface area contributed by atoms with Gasteiger partial charge in [-0.3, -0.25) is 19.5 Å². The molecule has 1 aliphatic rings. The van der Waals surface area contributed by atoms with Crippen molar-refractivity contribution in [3.63, 3.8) is 0 Å². The molecule has 0 N–H and O–H groups in total. The fourth-order valence-corrected chi connectivity index (χ4v) is 5.86. The van der Waals surface area contributed by atoms with Crippen LogP contribution in [0.25, 0.3) is 17.4 Å². The van der Waals surface area contributed by atoms with E-state index in [1.807, 2.05) is 0 Å². The van der Waals surface area contributed by atoms with E-state index in [1.54, 1.807) is 69.3 Å². The smallest absolute Gasteiger partial charge is 0.338 e. The van der Waals surface area contributed by atoms with Crippen LogP contribution >= 0.6 is 11.3 Å². The van der Waals surface area contributed by atoms with Crippen LogP contribution in [0.2, 0.25) is 0 Å². The summed E-state index contributed by atoms with van der Waals surface area (Å²) in [5.41, 5.74) is 1.86. The summed E-state index contributed by atoms with van der Waals surface area (Å²) < 4.78 is 23.9. The second kappa shape index (κ2) is 11.5. The number of carbonyl (C=O) groups is 1. The van der Waals surface area contributed by atoms with Crippen LogP contribution in [-0.4, -0.2) is 36.3 Å². The number of ether oxygens (including phenoxy) is 3. The Bertz CT molecular complexity index is 1930. The van der Waals surface area contributed by atoms with E-state index >= 15 is 0 Å². The SMILES string of the molecule is CCOC(=O)C1=C(C)N=c2s/c(=C\c3ccc(-c4ccc(C)cc4[N+](=O)[O-])o3)c(=O)n2[C@H]1c1ccc(OC)c(OC)c1. The van der Waals surface area contributed by atoms with Crippen LogP contribution < -0.4 is 24.4 Å². The highest BCUT2D eigenvalue weighted by atomic mass is 32.1. The predicted molar refractivity (Wildman–Crippen MR) is 155 cm³/mol. The molecule has 0 unspecified atom stereocenters. The monoisotopic (exact) mass is 589 g/mol. The summed E-state index contributed by atoms with van der Waals surface area (Å²) in [6, 6.07) is 12.5. The molecule has 0 saturated heterocycles. The first-order valence-corrected chi connectivity index (χ1v) is 13.7. The topological polar surface area (TPSA) is 135 Å². The molecule has 0 spiro atoms. The van der Waals surface area contributed by atoms with Gasteiger partial charge in [-0.15, -0.1) is 0 Å². The summed E-state index contributed by atoms with van der Waals surface area (Å²) in [5, 5.41) is 11.6. The van der Waals surface area contributed by atoms with E-state index in [1.165, 1.54) is 24.9 Å². The van der Waals surface area contributed by atoms with Gasteiger partial charge < -0.3 is 18.6 Å². The van der Waals surface area contributed by atoms with E-state index in [9.17, 15) is 19.7 Å². The zero-order valence-electron chi connectivity index (χ0n) is 23.5. The Kier molecular flexibility index (Phi) is 7.81. The third kappa shape index (κ3) is 5.12. The van der Waals surface area contributed by atoms with E-state index in [2.05, 4.69) is 4.99 Å². The number of rotatable bonds is 8. The third-order valence-electron chi connectivity index (χ3n) is 6.76. The van der Waals surface area contributed by atoms with Crippen molar-refractivity contribution in [1.29, 1.82) is 0 Å². The van der Waals surface area contributed by atoms with Crippen LogP contribution in [0.4, 0.5) is 5.69 Å². The highest BCUT2D eigenvalue weighted by Crippen LogP contribution is 2.36. The standard InChI is InChI=1S/C30H27N3O8S/c1-6-40-29(35)26-17(3)31-30-32(27(26)18-8-11-23(38-4)24(14-18)39-5)28(34)25(42-30)15-19-9-12-22(41-19)20-10-7-16(2)13-21(20)33(36)37/h7-15,27H,6H2,1-5H3/b25-15-/t27-/m0/s1. The summed E-state index contributed by atoms with van der Waals surface area (Å²) in [5.74, 6) is 0.972. The molecule has 5 rings (SSSR count). The number of methoxy groups -OCH3 is 2. The van der Waals surface area contributed by atoms with Crippen molar-refractivity contribution in [2.75, 3.05) is 20.8 Å². The van der Waals surface area contributed by atoms with Gasteiger partial charge in [0, 0.05) is 12.1 Å². The lowest BCUT2D eigenvalue weighted by molar-refractivity contribution is -0.384. The van der Waals surface area contributed by atoms with Crippen LogP contribution in [0.5, 0.6) is 11.5 Å². The Labute approximate surface area is 243 Å². The fourth-order valence-electron chi connectivity index (χ4n) is 4.84. The quantitative estimate of drug-likeness (QED) is 0.169. The molecule has 2 aromatic carbocycles. The second-order valence-electron chi connectivity index (χ2n) is 9.40. The zero-order chi connectivity index (χ0) is 30.1. The molecule has 0 amide bonds. The van der Waals surface area contributed by atoms with Gasteiger partial charge >= 0.3 is 5.97 Å². The molecule has 4 aromatic rings. The number of aryl methyl sites for hydroxylation is 1. The predicted octanol–water partition coefficient (Wildman–Crippen LogP) is 4.29. The molecule has 2 aromatic heterocycles. The van der Waals surface area contributed by atoms with Gasteiger partial charge in [0.15, 0.2) is 16.3 Å².